The van der Waals surface area contributed by atoms with Gasteiger partial charge in [0.15, 0.2) is 0 Å². The molecule has 0 spiro atoms. The Labute approximate surface area is 480 Å². The van der Waals surface area contributed by atoms with E-state index in [-0.39, 0.29) is 41.8 Å². The number of fused-ring (bicyclic) bond motifs is 12. The molecule has 0 radical (unpaired) electrons. The minimum absolute atomic E-state index is 0.0635. The highest BCUT2D eigenvalue weighted by Gasteiger charge is 2.47. The number of nitrogens with zero attached hydrogens (tertiary/aromatic N) is 6. The van der Waals surface area contributed by atoms with Crippen molar-refractivity contribution in [2.24, 2.45) is 35.5 Å². The third-order valence-corrected chi connectivity index (χ3v) is 22.0. The van der Waals surface area contributed by atoms with E-state index in [2.05, 4.69) is 181 Å². The number of amides is 3. The highest BCUT2D eigenvalue weighted by atomic mass is 16.2. The van der Waals surface area contributed by atoms with Crippen LogP contribution in [-0.4, -0.2) is 126 Å². The summed E-state index contributed by atoms with van der Waals surface area (Å²) in [5, 5.41) is 0. The molecule has 6 aromatic rings. The summed E-state index contributed by atoms with van der Waals surface area (Å²) in [6.07, 6.45) is 9.08. The summed E-state index contributed by atoms with van der Waals surface area (Å²) in [6, 6.07) is 55.3. The topological polar surface area (TPSA) is 70.7 Å². The van der Waals surface area contributed by atoms with Crippen molar-refractivity contribution in [3.8, 4) is 0 Å². The Balaban J connectivity index is 0.674. The fourth-order valence-corrected chi connectivity index (χ4v) is 18.0. The van der Waals surface area contributed by atoms with Gasteiger partial charge in [-0.3, -0.25) is 14.4 Å². The Morgan fingerprint density at radius 3 is 1.16 bits per heavy atom. The zero-order chi connectivity index (χ0) is 54.1. The molecule has 0 N–H and O–H groups in total. The van der Waals surface area contributed by atoms with Gasteiger partial charge in [0.05, 0.1) is 18.1 Å². The molecule has 12 atom stereocenters. The Bertz CT molecular complexity index is 3290. The lowest BCUT2D eigenvalue weighted by Gasteiger charge is -2.51. The molecule has 0 aromatic heterocycles. The van der Waals surface area contributed by atoms with Crippen molar-refractivity contribution in [3.63, 3.8) is 0 Å². The van der Waals surface area contributed by atoms with Gasteiger partial charge in [-0.2, -0.15) is 0 Å². The number of carbonyl (C=O) groups excluding carboxylic acids is 3. The summed E-state index contributed by atoms with van der Waals surface area (Å²) in [4.78, 5) is 59.4. The second-order valence-electron chi connectivity index (χ2n) is 26.2. The molecule has 6 bridgehead atoms. The smallest absolute Gasteiger partial charge is 0.223 e. The molecular formula is C72H80N6O3. The molecule has 12 aliphatic heterocycles. The zero-order valence-corrected chi connectivity index (χ0v) is 47.2. The molecule has 6 unspecified atom stereocenters. The second kappa shape index (κ2) is 21.7. The number of rotatable bonds is 11. The van der Waals surface area contributed by atoms with Gasteiger partial charge in [0.2, 0.25) is 17.7 Å². The van der Waals surface area contributed by atoms with Gasteiger partial charge in [-0.1, -0.05) is 152 Å². The lowest BCUT2D eigenvalue weighted by Crippen LogP contribution is -2.53. The van der Waals surface area contributed by atoms with Gasteiger partial charge in [-0.25, -0.2) is 0 Å². The number of benzene rings is 6. The van der Waals surface area contributed by atoms with Crippen LogP contribution >= 0.6 is 0 Å². The van der Waals surface area contributed by atoms with E-state index in [1.54, 1.807) is 0 Å². The summed E-state index contributed by atoms with van der Waals surface area (Å²) in [5.74, 6) is 4.07. The molecular weight excluding hydrogens is 997 g/mol. The number of piperidine rings is 9. The summed E-state index contributed by atoms with van der Waals surface area (Å²) in [5.41, 5.74) is 14.2. The Morgan fingerprint density at radius 1 is 0.346 bits per heavy atom. The molecule has 12 heterocycles. The molecule has 81 heavy (non-hydrogen) atoms. The van der Waals surface area contributed by atoms with Gasteiger partial charge < -0.3 is 29.4 Å². The van der Waals surface area contributed by atoms with E-state index in [9.17, 15) is 9.59 Å². The maximum absolute atomic E-state index is 15.4. The third kappa shape index (κ3) is 9.67. The van der Waals surface area contributed by atoms with E-state index in [1.807, 2.05) is 0 Å². The van der Waals surface area contributed by atoms with E-state index in [0.717, 1.165) is 91.0 Å². The minimum Gasteiger partial charge on any atom is -0.331 e. The first-order valence-electron chi connectivity index (χ1n) is 31.4. The monoisotopic (exact) mass is 1080 g/mol. The minimum atomic E-state index is -0.151. The summed E-state index contributed by atoms with van der Waals surface area (Å²) in [7, 11) is 0. The van der Waals surface area contributed by atoms with Crippen LogP contribution in [0.5, 0.6) is 0 Å². The molecule has 18 rings (SSSR count). The highest BCUT2D eigenvalue weighted by molar-refractivity contribution is 5.80. The zero-order valence-electron chi connectivity index (χ0n) is 47.2. The van der Waals surface area contributed by atoms with Crippen LogP contribution in [0, 0.1) is 35.5 Å². The molecule has 416 valence electrons. The molecule has 0 aliphatic carbocycles. The number of carbonyl (C=O) groups is 3. The predicted octanol–water partition coefficient (Wildman–Crippen LogP) is 11.1. The van der Waals surface area contributed by atoms with Crippen molar-refractivity contribution in [2.45, 2.75) is 94.2 Å². The second-order valence-corrected chi connectivity index (χ2v) is 26.2. The van der Waals surface area contributed by atoms with Crippen molar-refractivity contribution in [1.29, 1.82) is 0 Å². The Morgan fingerprint density at radius 2 is 0.728 bits per heavy atom. The lowest BCUT2D eigenvalue weighted by atomic mass is 9.67. The van der Waals surface area contributed by atoms with Crippen molar-refractivity contribution in [2.75, 3.05) is 78.5 Å². The van der Waals surface area contributed by atoms with Crippen molar-refractivity contribution in [1.82, 2.24) is 29.4 Å². The van der Waals surface area contributed by atoms with Crippen LogP contribution in [0.3, 0.4) is 0 Å². The first kappa shape index (κ1) is 51.5. The summed E-state index contributed by atoms with van der Waals surface area (Å²) in [6.45, 7) is 11.8. The van der Waals surface area contributed by atoms with Gasteiger partial charge in [0, 0.05) is 71.6 Å². The standard InChI is InChI=1S/C72H80N6O3/c79-67(40-57-43-73-31-24-48(57)25-32-73)77-36-27-50-20-22-55(38-63(50)71(77)53-15-6-2-7-16-53)66-47-75-34-30-61(66)59(45-75)42-69(81)78-37-28-51-21-23-56(39-64(51)72(78)54-17-8-3-9-18-54)65-46-74-33-29-60(65)58(44-74)41-68(80)76-35-26-49-12-10-11-19-62(49)70(76)52-13-4-1-5-14-52/h1-23,38-39,48,57-61,65-66,70-72H,24-37,40-47H2/t57-,58+,59-,60?,61?,65?,66?,70+,71-,72+/m1/s1. The number of hydrogen-bond donors (Lipinski definition) is 0. The Kier molecular flexibility index (Phi) is 13.8. The van der Waals surface area contributed by atoms with Gasteiger partial charge in [0.25, 0.3) is 0 Å². The molecule has 6 aromatic carbocycles. The Hall–Kier alpha value is -6.39. The normalized spacial score (nSPS) is 31.7. The average Bonchev–Trinajstić information content (AvgIpc) is 3.72. The lowest BCUT2D eigenvalue weighted by molar-refractivity contribution is -0.137. The largest absolute Gasteiger partial charge is 0.331 e. The molecule has 0 saturated carbocycles. The average molecular weight is 1080 g/mol. The van der Waals surface area contributed by atoms with E-state index < -0.39 is 0 Å². The molecule has 9 fully saturated rings. The first-order chi connectivity index (χ1) is 39.8. The summed E-state index contributed by atoms with van der Waals surface area (Å²) >= 11 is 0. The quantitative estimate of drug-likeness (QED) is 0.129. The van der Waals surface area contributed by atoms with Crippen LogP contribution < -0.4 is 0 Å². The fraction of sp³-hybridized carbons (Fsp3) is 0.458. The van der Waals surface area contributed by atoms with Crippen LogP contribution in [0.15, 0.2) is 152 Å². The fourth-order valence-electron chi connectivity index (χ4n) is 18.0. The molecule has 9 saturated heterocycles. The van der Waals surface area contributed by atoms with E-state index in [1.165, 1.54) is 87.1 Å². The van der Waals surface area contributed by atoms with Gasteiger partial charge in [-0.15, -0.1) is 0 Å². The molecule has 9 nitrogen and oxygen atoms in total. The van der Waals surface area contributed by atoms with Crippen molar-refractivity contribution >= 4 is 17.7 Å². The van der Waals surface area contributed by atoms with Crippen LogP contribution in [0.25, 0.3) is 0 Å². The number of hydrogen-bond acceptors (Lipinski definition) is 6. The predicted molar refractivity (Wildman–Crippen MR) is 318 cm³/mol. The van der Waals surface area contributed by atoms with Crippen LogP contribution in [0.4, 0.5) is 0 Å². The van der Waals surface area contributed by atoms with Gasteiger partial charge in [-0.05, 0) is 180 Å². The maximum Gasteiger partial charge on any atom is 0.223 e. The molecule has 12 aliphatic rings. The highest BCUT2D eigenvalue weighted by Crippen LogP contribution is 2.50. The first-order valence-corrected chi connectivity index (χ1v) is 31.4. The van der Waals surface area contributed by atoms with Crippen molar-refractivity contribution in [3.05, 3.63) is 213 Å². The van der Waals surface area contributed by atoms with Gasteiger partial charge in [0.1, 0.15) is 0 Å². The van der Waals surface area contributed by atoms with E-state index in [4.69, 9.17) is 0 Å². The van der Waals surface area contributed by atoms with Crippen molar-refractivity contribution < 1.29 is 14.4 Å². The van der Waals surface area contributed by atoms with E-state index in [0.29, 0.717) is 67.2 Å². The SMILES string of the molecule is O=C(C[C@@H]1CN2CCC1CC2)N1CCc2ccc(C3CN4CCC3[C@H](CC(=O)N3CCc5ccc(C6CN7CCC6[C@@H](CC(=O)N6CCc8ccccc8[C@@H]6c6ccccc6)C7)cc5[C@@H]3c3ccccc3)C4)cc2[C@H]1c1ccccc1. The molecule has 9 heteroatoms. The van der Waals surface area contributed by atoms with E-state index >= 15 is 4.79 Å². The van der Waals surface area contributed by atoms with Crippen LogP contribution in [-0.2, 0) is 33.6 Å². The van der Waals surface area contributed by atoms with Crippen LogP contribution in [0.2, 0.25) is 0 Å². The third-order valence-electron chi connectivity index (χ3n) is 22.0. The molecule has 3 amide bonds. The van der Waals surface area contributed by atoms with Gasteiger partial charge >= 0.3 is 0 Å². The van der Waals surface area contributed by atoms with Crippen LogP contribution in [0.1, 0.15) is 136 Å². The maximum atomic E-state index is 15.4. The summed E-state index contributed by atoms with van der Waals surface area (Å²) < 4.78 is 0.